The Balaban J connectivity index is 1.92. The van der Waals surface area contributed by atoms with Crippen molar-refractivity contribution in [3.05, 3.63) is 51.5 Å². The second-order valence-corrected chi connectivity index (χ2v) is 6.57. The number of thiazole rings is 1. The summed E-state index contributed by atoms with van der Waals surface area (Å²) in [5, 5.41) is 5.63. The Morgan fingerprint density at radius 2 is 2.04 bits per heavy atom. The van der Waals surface area contributed by atoms with Crippen LogP contribution < -0.4 is 11.1 Å². The van der Waals surface area contributed by atoms with E-state index in [1.54, 1.807) is 5.38 Å². The molecule has 1 aromatic carbocycles. The molecule has 0 saturated heterocycles. The number of nitrogens with zero attached hydrogens (tertiary/aromatic N) is 2. The van der Waals surface area contributed by atoms with Crippen LogP contribution in [0.5, 0.6) is 0 Å². The zero-order chi connectivity index (χ0) is 17.4. The fourth-order valence-electron chi connectivity index (χ4n) is 2.47. The first kappa shape index (κ1) is 18.6. The van der Waals surface area contributed by atoms with Gasteiger partial charge in [0.25, 0.3) is 5.91 Å². The Bertz CT molecular complexity index is 652. The fourth-order valence-corrected chi connectivity index (χ4v) is 3.26. The van der Waals surface area contributed by atoms with Crippen LogP contribution >= 0.6 is 11.3 Å². The quantitative estimate of drug-likeness (QED) is 0.731. The van der Waals surface area contributed by atoms with Gasteiger partial charge in [-0.15, -0.1) is 11.3 Å². The smallest absolute Gasteiger partial charge is 0.271 e. The van der Waals surface area contributed by atoms with E-state index < -0.39 is 0 Å². The molecule has 3 N–H and O–H groups in total. The molecule has 2 rings (SSSR count). The Hall–Kier alpha value is -1.76. The summed E-state index contributed by atoms with van der Waals surface area (Å²) in [6, 6.07) is 8.36. The number of carbonyl (C=O) groups excluding carboxylic acids is 1. The van der Waals surface area contributed by atoms with Crippen LogP contribution in [0.3, 0.4) is 0 Å². The highest BCUT2D eigenvalue weighted by Crippen LogP contribution is 2.11. The third-order valence-corrected chi connectivity index (χ3v) is 4.80. The van der Waals surface area contributed by atoms with Crippen LogP contribution in [0.25, 0.3) is 0 Å². The lowest BCUT2D eigenvalue weighted by atomic mass is 10.1. The molecule has 24 heavy (non-hydrogen) atoms. The van der Waals surface area contributed by atoms with E-state index in [1.165, 1.54) is 16.9 Å². The van der Waals surface area contributed by atoms with Crippen LogP contribution in [0.4, 0.5) is 0 Å². The van der Waals surface area contributed by atoms with Gasteiger partial charge in [0.05, 0.1) is 5.01 Å². The average molecular weight is 347 g/mol. The van der Waals surface area contributed by atoms with Gasteiger partial charge in [0.2, 0.25) is 0 Å². The Kier molecular flexibility index (Phi) is 7.36. The lowest BCUT2D eigenvalue weighted by Crippen LogP contribution is -2.24. The average Bonchev–Trinajstić information content (AvgIpc) is 3.07. The summed E-state index contributed by atoms with van der Waals surface area (Å²) < 4.78 is 0. The number of hydrogen-bond acceptors (Lipinski definition) is 5. The minimum Gasteiger partial charge on any atom is -0.347 e. The molecular weight excluding hydrogens is 320 g/mol. The normalized spacial score (nSPS) is 11.0. The van der Waals surface area contributed by atoms with Crippen molar-refractivity contribution in [2.75, 3.05) is 19.6 Å². The molecule has 2 aromatic rings. The molecule has 0 spiro atoms. The van der Waals surface area contributed by atoms with Crippen molar-refractivity contribution in [1.29, 1.82) is 0 Å². The molecule has 0 atom stereocenters. The summed E-state index contributed by atoms with van der Waals surface area (Å²) >= 11 is 1.48. The van der Waals surface area contributed by atoms with E-state index in [4.69, 9.17) is 5.73 Å². The predicted octanol–water partition coefficient (Wildman–Crippen LogP) is 2.42. The topological polar surface area (TPSA) is 71.2 Å². The zero-order valence-corrected chi connectivity index (χ0v) is 15.2. The summed E-state index contributed by atoms with van der Waals surface area (Å²) in [6.45, 7) is 8.39. The number of nitrogens with one attached hydrogen (secondary N) is 1. The van der Waals surface area contributed by atoms with E-state index in [9.17, 15) is 4.79 Å². The maximum absolute atomic E-state index is 12.2. The van der Waals surface area contributed by atoms with Crippen molar-refractivity contribution in [3.63, 3.8) is 0 Å². The number of nitrogens with two attached hydrogens (primary N) is 1. The maximum atomic E-state index is 12.2. The van der Waals surface area contributed by atoms with E-state index in [0.29, 0.717) is 25.2 Å². The van der Waals surface area contributed by atoms with Crippen molar-refractivity contribution >= 4 is 17.2 Å². The number of benzene rings is 1. The first-order valence-corrected chi connectivity index (χ1v) is 9.27. The zero-order valence-electron chi connectivity index (χ0n) is 14.4. The molecule has 6 heteroatoms. The van der Waals surface area contributed by atoms with E-state index in [1.807, 2.05) is 12.1 Å². The first-order chi connectivity index (χ1) is 11.7. The predicted molar refractivity (Wildman–Crippen MR) is 99.1 cm³/mol. The van der Waals surface area contributed by atoms with Crippen LogP contribution in [-0.2, 0) is 19.5 Å². The molecule has 0 saturated carbocycles. The molecule has 1 amide bonds. The van der Waals surface area contributed by atoms with E-state index >= 15 is 0 Å². The Morgan fingerprint density at radius 1 is 1.29 bits per heavy atom. The Morgan fingerprint density at radius 3 is 2.75 bits per heavy atom. The summed E-state index contributed by atoms with van der Waals surface area (Å²) in [6.07, 6.45) is 0.714. The van der Waals surface area contributed by atoms with E-state index in [2.05, 4.69) is 41.2 Å². The van der Waals surface area contributed by atoms with Crippen molar-refractivity contribution in [1.82, 2.24) is 15.2 Å². The number of rotatable bonds is 9. The van der Waals surface area contributed by atoms with Gasteiger partial charge < -0.3 is 11.1 Å². The molecule has 1 aromatic heterocycles. The highest BCUT2D eigenvalue weighted by atomic mass is 32.1. The molecule has 0 aliphatic carbocycles. The van der Waals surface area contributed by atoms with Gasteiger partial charge in [-0.1, -0.05) is 38.1 Å². The number of hydrogen-bond donors (Lipinski definition) is 2. The van der Waals surface area contributed by atoms with Crippen LogP contribution in [-0.4, -0.2) is 35.4 Å². The van der Waals surface area contributed by atoms with Gasteiger partial charge in [0.1, 0.15) is 5.69 Å². The minimum absolute atomic E-state index is 0.135. The maximum Gasteiger partial charge on any atom is 0.271 e. The van der Waals surface area contributed by atoms with Gasteiger partial charge in [-0.05, 0) is 30.8 Å². The molecule has 1 heterocycles. The number of carbonyl (C=O) groups is 1. The van der Waals surface area contributed by atoms with Gasteiger partial charge >= 0.3 is 0 Å². The van der Waals surface area contributed by atoms with E-state index in [-0.39, 0.29) is 5.91 Å². The summed E-state index contributed by atoms with van der Waals surface area (Å²) in [4.78, 5) is 18.9. The van der Waals surface area contributed by atoms with Gasteiger partial charge in [-0.2, -0.15) is 0 Å². The molecule has 0 aliphatic heterocycles. The number of amides is 1. The fraction of sp³-hybridized carbons (Fsp3) is 0.444. The highest BCUT2D eigenvalue weighted by molar-refractivity contribution is 7.09. The molecule has 0 fully saturated rings. The van der Waals surface area contributed by atoms with Crippen LogP contribution in [0, 0.1) is 0 Å². The molecule has 0 bridgehead atoms. The summed E-state index contributed by atoms with van der Waals surface area (Å²) in [5.74, 6) is -0.135. The van der Waals surface area contributed by atoms with Crippen LogP contribution in [0.1, 0.15) is 40.5 Å². The molecule has 130 valence electrons. The monoisotopic (exact) mass is 346 g/mol. The second kappa shape index (κ2) is 9.52. The third kappa shape index (κ3) is 5.40. The second-order valence-electron chi connectivity index (χ2n) is 5.63. The van der Waals surface area contributed by atoms with Gasteiger partial charge in [0.15, 0.2) is 0 Å². The summed E-state index contributed by atoms with van der Waals surface area (Å²) in [5.41, 5.74) is 8.36. The van der Waals surface area contributed by atoms with Crippen LogP contribution in [0.2, 0.25) is 0 Å². The molecule has 0 radical (unpaired) electrons. The van der Waals surface area contributed by atoms with Crippen molar-refractivity contribution < 1.29 is 4.79 Å². The lowest BCUT2D eigenvalue weighted by molar-refractivity contribution is 0.0946. The van der Waals surface area contributed by atoms with E-state index in [0.717, 1.165) is 30.2 Å². The van der Waals surface area contributed by atoms with Gasteiger partial charge in [-0.3, -0.25) is 9.69 Å². The largest absolute Gasteiger partial charge is 0.347 e. The standard InChI is InChI=1S/C18H26N4OS/c1-3-22(4-2)12-15-7-5-6-14(10-15)11-20-18(23)16-13-24-17(21-16)8-9-19/h5-7,10,13H,3-4,8-9,11-12,19H2,1-2H3,(H,20,23). The molecule has 5 nitrogen and oxygen atoms in total. The highest BCUT2D eigenvalue weighted by Gasteiger charge is 2.10. The van der Waals surface area contributed by atoms with Crippen molar-refractivity contribution in [2.24, 2.45) is 5.73 Å². The summed E-state index contributed by atoms with van der Waals surface area (Å²) in [7, 11) is 0. The van der Waals surface area contributed by atoms with Crippen molar-refractivity contribution in [3.8, 4) is 0 Å². The van der Waals surface area contributed by atoms with Crippen LogP contribution in [0.15, 0.2) is 29.6 Å². The third-order valence-electron chi connectivity index (χ3n) is 3.89. The van der Waals surface area contributed by atoms with Gasteiger partial charge in [0, 0.05) is 24.9 Å². The molecule has 0 aliphatic rings. The SMILES string of the molecule is CCN(CC)Cc1cccc(CNC(=O)c2csc(CCN)n2)c1. The Labute approximate surface area is 147 Å². The molecular formula is C18H26N4OS. The van der Waals surface area contributed by atoms with Gasteiger partial charge in [-0.25, -0.2) is 4.98 Å². The van der Waals surface area contributed by atoms with Crippen molar-refractivity contribution in [2.45, 2.75) is 33.4 Å². The number of aromatic nitrogens is 1. The molecule has 0 unspecified atom stereocenters. The first-order valence-electron chi connectivity index (χ1n) is 8.39. The lowest BCUT2D eigenvalue weighted by Gasteiger charge is -2.18. The minimum atomic E-state index is -0.135.